The SMILES string of the molecule is O=C(N[C@@H]1C[C@H]2CC[C@@H]1O2)c1nn(-c2ccccc2)cc1O. The Morgan fingerprint density at radius 3 is 2.82 bits per heavy atom. The maximum Gasteiger partial charge on any atom is 0.275 e. The number of hydrogen-bond donors (Lipinski definition) is 2. The third-order valence-electron chi connectivity index (χ3n) is 4.35. The van der Waals surface area contributed by atoms with Crippen LogP contribution >= 0.6 is 0 Å². The predicted octanol–water partition coefficient (Wildman–Crippen LogP) is 1.63. The van der Waals surface area contributed by atoms with E-state index in [0.717, 1.165) is 24.9 Å². The van der Waals surface area contributed by atoms with Crippen molar-refractivity contribution in [2.24, 2.45) is 0 Å². The van der Waals surface area contributed by atoms with Crippen molar-refractivity contribution in [2.45, 2.75) is 37.5 Å². The van der Waals surface area contributed by atoms with Crippen molar-refractivity contribution in [3.8, 4) is 11.4 Å². The van der Waals surface area contributed by atoms with Crippen LogP contribution in [0, 0.1) is 0 Å². The van der Waals surface area contributed by atoms with Crippen LogP contribution in [0.4, 0.5) is 0 Å². The molecule has 1 aromatic carbocycles. The Kier molecular flexibility index (Phi) is 3.11. The first-order valence-corrected chi connectivity index (χ1v) is 7.51. The lowest BCUT2D eigenvalue weighted by Crippen LogP contribution is -2.41. The molecule has 3 atom stereocenters. The van der Waals surface area contributed by atoms with Gasteiger partial charge in [0.05, 0.1) is 30.1 Å². The van der Waals surface area contributed by atoms with Gasteiger partial charge in [0.1, 0.15) is 0 Å². The van der Waals surface area contributed by atoms with Gasteiger partial charge in [-0.15, -0.1) is 0 Å². The number of amides is 1. The molecular formula is C16H17N3O3. The van der Waals surface area contributed by atoms with Crippen LogP contribution in [0.2, 0.25) is 0 Å². The summed E-state index contributed by atoms with van der Waals surface area (Å²) in [6.07, 6.45) is 4.72. The molecule has 0 radical (unpaired) electrons. The van der Waals surface area contributed by atoms with Crippen molar-refractivity contribution in [2.75, 3.05) is 0 Å². The summed E-state index contributed by atoms with van der Waals surface area (Å²) in [5, 5.41) is 17.1. The lowest BCUT2D eigenvalue weighted by atomic mass is 9.95. The molecule has 6 nitrogen and oxygen atoms in total. The molecule has 4 rings (SSSR count). The number of nitrogens with zero attached hydrogens (tertiary/aromatic N) is 2. The number of aromatic nitrogens is 2. The number of hydrogen-bond acceptors (Lipinski definition) is 4. The summed E-state index contributed by atoms with van der Waals surface area (Å²) in [7, 11) is 0. The van der Waals surface area contributed by atoms with E-state index in [4.69, 9.17) is 4.74 Å². The number of carbonyl (C=O) groups is 1. The number of fused-ring (bicyclic) bond motifs is 2. The van der Waals surface area contributed by atoms with Crippen LogP contribution in [-0.2, 0) is 4.74 Å². The van der Waals surface area contributed by atoms with E-state index in [1.54, 1.807) is 0 Å². The van der Waals surface area contributed by atoms with Crippen molar-refractivity contribution in [3.63, 3.8) is 0 Å². The van der Waals surface area contributed by atoms with Crippen molar-refractivity contribution in [1.29, 1.82) is 0 Å². The molecule has 0 unspecified atom stereocenters. The second-order valence-corrected chi connectivity index (χ2v) is 5.83. The molecule has 0 saturated carbocycles. The van der Waals surface area contributed by atoms with E-state index >= 15 is 0 Å². The minimum absolute atomic E-state index is 0.0209. The number of rotatable bonds is 3. The summed E-state index contributed by atoms with van der Waals surface area (Å²) in [6.45, 7) is 0. The molecule has 2 aliphatic rings. The van der Waals surface area contributed by atoms with E-state index in [2.05, 4.69) is 10.4 Å². The van der Waals surface area contributed by atoms with Gasteiger partial charge in [0.2, 0.25) is 0 Å². The average Bonchev–Trinajstić information content (AvgIpc) is 3.23. The highest BCUT2D eigenvalue weighted by Gasteiger charge is 2.41. The first kappa shape index (κ1) is 13.3. The number of ether oxygens (including phenoxy) is 1. The Hall–Kier alpha value is -2.34. The third kappa shape index (κ3) is 2.25. The van der Waals surface area contributed by atoms with Crippen LogP contribution in [0.25, 0.3) is 5.69 Å². The zero-order chi connectivity index (χ0) is 15.1. The van der Waals surface area contributed by atoms with E-state index in [1.165, 1.54) is 10.9 Å². The molecule has 22 heavy (non-hydrogen) atoms. The van der Waals surface area contributed by atoms with Gasteiger partial charge in [-0.25, -0.2) is 4.68 Å². The van der Waals surface area contributed by atoms with Gasteiger partial charge >= 0.3 is 0 Å². The molecule has 1 aromatic heterocycles. The Balaban J connectivity index is 1.52. The predicted molar refractivity (Wildman–Crippen MR) is 79.0 cm³/mol. The van der Waals surface area contributed by atoms with Gasteiger partial charge in [-0.3, -0.25) is 4.79 Å². The lowest BCUT2D eigenvalue weighted by Gasteiger charge is -2.19. The lowest BCUT2D eigenvalue weighted by molar-refractivity contribution is 0.0835. The first-order valence-electron chi connectivity index (χ1n) is 7.51. The van der Waals surface area contributed by atoms with E-state index in [-0.39, 0.29) is 35.6 Å². The summed E-state index contributed by atoms with van der Waals surface area (Å²) in [4.78, 5) is 12.3. The van der Waals surface area contributed by atoms with Gasteiger partial charge in [0, 0.05) is 0 Å². The normalized spacial score (nSPS) is 26.3. The second kappa shape index (κ2) is 5.14. The molecule has 114 valence electrons. The fourth-order valence-corrected chi connectivity index (χ4v) is 3.27. The molecule has 2 fully saturated rings. The molecule has 2 N–H and O–H groups in total. The minimum Gasteiger partial charge on any atom is -0.504 e. The molecule has 2 bridgehead atoms. The van der Waals surface area contributed by atoms with E-state index in [0.29, 0.717) is 0 Å². The monoisotopic (exact) mass is 299 g/mol. The van der Waals surface area contributed by atoms with Gasteiger partial charge in [0.15, 0.2) is 11.4 Å². The fourth-order valence-electron chi connectivity index (χ4n) is 3.27. The largest absolute Gasteiger partial charge is 0.504 e. The number of aromatic hydroxyl groups is 1. The van der Waals surface area contributed by atoms with Gasteiger partial charge < -0.3 is 15.2 Å². The molecule has 2 saturated heterocycles. The molecular weight excluding hydrogens is 282 g/mol. The second-order valence-electron chi connectivity index (χ2n) is 5.83. The Morgan fingerprint density at radius 1 is 1.32 bits per heavy atom. The van der Waals surface area contributed by atoms with Gasteiger partial charge in [-0.05, 0) is 31.4 Å². The summed E-state index contributed by atoms with van der Waals surface area (Å²) in [6, 6.07) is 9.39. The third-order valence-corrected chi connectivity index (χ3v) is 4.35. The van der Waals surface area contributed by atoms with Gasteiger partial charge in [-0.2, -0.15) is 5.10 Å². The zero-order valence-electron chi connectivity index (χ0n) is 12.0. The van der Waals surface area contributed by atoms with E-state index in [1.807, 2.05) is 30.3 Å². The van der Waals surface area contributed by atoms with Gasteiger partial charge in [-0.1, -0.05) is 18.2 Å². The summed E-state index contributed by atoms with van der Waals surface area (Å²) in [5.41, 5.74) is 0.840. The topological polar surface area (TPSA) is 76.4 Å². The molecule has 1 amide bonds. The Labute approximate surface area is 127 Å². The number of carbonyl (C=O) groups excluding carboxylic acids is 1. The van der Waals surface area contributed by atoms with Crippen molar-refractivity contribution >= 4 is 5.91 Å². The highest BCUT2D eigenvalue weighted by atomic mass is 16.5. The quantitative estimate of drug-likeness (QED) is 0.903. The number of para-hydroxylation sites is 1. The average molecular weight is 299 g/mol. The maximum absolute atomic E-state index is 12.3. The molecule has 0 aliphatic carbocycles. The van der Waals surface area contributed by atoms with Crippen molar-refractivity contribution < 1.29 is 14.6 Å². The van der Waals surface area contributed by atoms with Crippen LogP contribution in [0.5, 0.6) is 5.75 Å². The Morgan fingerprint density at radius 2 is 2.14 bits per heavy atom. The highest BCUT2D eigenvalue weighted by molar-refractivity contribution is 5.95. The minimum atomic E-state index is -0.353. The molecule has 2 aromatic rings. The fraction of sp³-hybridized carbons (Fsp3) is 0.375. The standard InChI is InChI=1S/C16H17N3O3/c20-13-9-19(10-4-2-1-3-5-10)18-15(13)16(21)17-12-8-11-6-7-14(12)22-11/h1-5,9,11-12,14,20H,6-8H2,(H,17,21)/t11-,12-,14+/m1/s1. The summed E-state index contributed by atoms with van der Waals surface area (Å²) in [5.74, 6) is -0.473. The molecule has 3 heterocycles. The van der Waals surface area contributed by atoms with Crippen LogP contribution in [0.3, 0.4) is 0 Å². The van der Waals surface area contributed by atoms with Crippen LogP contribution in [-0.4, -0.2) is 39.0 Å². The summed E-state index contributed by atoms with van der Waals surface area (Å²) < 4.78 is 7.23. The Bertz CT molecular complexity index is 698. The van der Waals surface area contributed by atoms with Crippen molar-refractivity contribution in [1.82, 2.24) is 15.1 Å². The number of benzene rings is 1. The van der Waals surface area contributed by atoms with Gasteiger partial charge in [0.25, 0.3) is 5.91 Å². The van der Waals surface area contributed by atoms with Crippen molar-refractivity contribution in [3.05, 3.63) is 42.2 Å². The van der Waals surface area contributed by atoms with Crippen LogP contribution in [0.1, 0.15) is 29.8 Å². The van der Waals surface area contributed by atoms with Crippen LogP contribution < -0.4 is 5.32 Å². The smallest absolute Gasteiger partial charge is 0.275 e. The van der Waals surface area contributed by atoms with E-state index in [9.17, 15) is 9.90 Å². The molecule has 2 aliphatic heterocycles. The molecule has 0 spiro atoms. The van der Waals surface area contributed by atoms with E-state index < -0.39 is 0 Å². The maximum atomic E-state index is 12.3. The number of nitrogens with one attached hydrogen (secondary N) is 1. The summed E-state index contributed by atoms with van der Waals surface area (Å²) >= 11 is 0. The molecule has 6 heteroatoms. The zero-order valence-corrected chi connectivity index (χ0v) is 12.0. The van der Waals surface area contributed by atoms with Crippen LogP contribution in [0.15, 0.2) is 36.5 Å². The first-order chi connectivity index (χ1) is 10.7. The highest BCUT2D eigenvalue weighted by Crippen LogP contribution is 2.34.